The molecule has 0 aromatic carbocycles. The van der Waals surface area contributed by atoms with Crippen molar-refractivity contribution in [1.82, 2.24) is 0 Å². The van der Waals surface area contributed by atoms with Gasteiger partial charge >= 0.3 is 0 Å². The van der Waals surface area contributed by atoms with E-state index in [1.54, 1.807) is 0 Å². The lowest BCUT2D eigenvalue weighted by atomic mass is 10.1. The van der Waals surface area contributed by atoms with Crippen LogP contribution < -0.4 is 0 Å². The molecule has 0 aliphatic rings. The van der Waals surface area contributed by atoms with Gasteiger partial charge < -0.3 is 5.21 Å². The highest BCUT2D eigenvalue weighted by molar-refractivity contribution is 4.39. The Labute approximate surface area is 73.7 Å². The summed E-state index contributed by atoms with van der Waals surface area (Å²) < 4.78 is 0. The first-order chi connectivity index (χ1) is 5.65. The van der Waals surface area contributed by atoms with Gasteiger partial charge in [0.25, 0.3) is 5.09 Å². The fourth-order valence-corrected chi connectivity index (χ4v) is 0.854. The largest absolute Gasteiger partial charge is 0.328 e. The SMILES string of the molecule is CCCCCCCC.O=[N+]([O-])O. The van der Waals surface area contributed by atoms with Crippen LogP contribution in [0.1, 0.15) is 52.4 Å². The zero-order chi connectivity index (χ0) is 9.82. The third-order valence-electron chi connectivity index (χ3n) is 1.46. The molecule has 4 heteroatoms. The molecule has 0 aliphatic heterocycles. The molecular formula is C8H19NO3. The lowest BCUT2D eigenvalue weighted by molar-refractivity contribution is -0.742. The molecule has 0 rings (SSSR count). The molecule has 0 atom stereocenters. The summed E-state index contributed by atoms with van der Waals surface area (Å²) in [5, 5.41) is 13.6. The highest BCUT2D eigenvalue weighted by atomic mass is 16.9. The maximum atomic E-state index is 8.36. The Balaban J connectivity index is 0. The van der Waals surface area contributed by atoms with Gasteiger partial charge in [0.05, 0.1) is 0 Å². The molecule has 0 radical (unpaired) electrons. The molecule has 0 bridgehead atoms. The second kappa shape index (κ2) is 12.8. The van der Waals surface area contributed by atoms with E-state index in [0.29, 0.717) is 0 Å². The zero-order valence-corrected chi connectivity index (χ0v) is 7.95. The molecule has 0 saturated heterocycles. The molecular weight excluding hydrogens is 158 g/mol. The van der Waals surface area contributed by atoms with Gasteiger partial charge in [-0.2, -0.15) is 0 Å². The van der Waals surface area contributed by atoms with Crippen molar-refractivity contribution >= 4 is 0 Å². The van der Waals surface area contributed by atoms with Crippen LogP contribution in [0.5, 0.6) is 0 Å². The van der Waals surface area contributed by atoms with Crippen LogP contribution in [0, 0.1) is 10.1 Å². The molecule has 74 valence electrons. The minimum absolute atomic E-state index is 1.36. The molecule has 0 spiro atoms. The van der Waals surface area contributed by atoms with Crippen molar-refractivity contribution in [2.45, 2.75) is 52.4 Å². The van der Waals surface area contributed by atoms with Gasteiger partial charge in [-0.05, 0) is 0 Å². The Hall–Kier alpha value is -0.800. The number of unbranched alkanes of at least 4 members (excludes halogenated alkanes) is 5. The average Bonchev–Trinajstić information content (AvgIpc) is 1.97. The number of hydrogen-bond acceptors (Lipinski definition) is 2. The van der Waals surface area contributed by atoms with Gasteiger partial charge in [-0.1, -0.05) is 52.4 Å². The van der Waals surface area contributed by atoms with Crippen molar-refractivity contribution in [2.75, 3.05) is 0 Å². The molecule has 0 aliphatic carbocycles. The van der Waals surface area contributed by atoms with Crippen LogP contribution in [0.2, 0.25) is 0 Å². The third-order valence-corrected chi connectivity index (χ3v) is 1.46. The quantitative estimate of drug-likeness (QED) is 0.399. The predicted molar refractivity (Wildman–Crippen MR) is 47.8 cm³/mol. The summed E-state index contributed by atoms with van der Waals surface area (Å²) in [4.78, 5) is 8.36. The summed E-state index contributed by atoms with van der Waals surface area (Å²) in [6, 6.07) is 0. The highest BCUT2D eigenvalue weighted by Gasteiger charge is 1.83. The first-order valence-electron chi connectivity index (χ1n) is 4.48. The predicted octanol–water partition coefficient (Wildman–Crippen LogP) is 3.02. The minimum Gasteiger partial charge on any atom is -0.328 e. The van der Waals surface area contributed by atoms with Gasteiger partial charge in [0, 0.05) is 0 Å². The Kier molecular flexibility index (Phi) is 14.7. The van der Waals surface area contributed by atoms with Gasteiger partial charge in [-0.3, -0.25) is 0 Å². The number of nitrogens with zero attached hydrogens (tertiary/aromatic N) is 1. The fourth-order valence-electron chi connectivity index (χ4n) is 0.854. The highest BCUT2D eigenvalue weighted by Crippen LogP contribution is 2.03. The van der Waals surface area contributed by atoms with E-state index in [2.05, 4.69) is 13.8 Å². The van der Waals surface area contributed by atoms with Crippen LogP contribution in [0.4, 0.5) is 0 Å². The minimum atomic E-state index is -1.50. The molecule has 1 N–H and O–H groups in total. The van der Waals surface area contributed by atoms with Gasteiger partial charge in [-0.15, -0.1) is 10.1 Å². The van der Waals surface area contributed by atoms with Gasteiger partial charge in [0.15, 0.2) is 0 Å². The molecule has 12 heavy (non-hydrogen) atoms. The Morgan fingerprint density at radius 1 is 1.08 bits per heavy atom. The molecule has 0 aromatic heterocycles. The van der Waals surface area contributed by atoms with Crippen molar-refractivity contribution in [1.29, 1.82) is 0 Å². The van der Waals surface area contributed by atoms with E-state index in [0.717, 1.165) is 0 Å². The number of hydrogen-bond donors (Lipinski definition) is 1. The van der Waals surface area contributed by atoms with Crippen LogP contribution in [0.15, 0.2) is 0 Å². The second-order valence-electron chi connectivity index (χ2n) is 2.65. The van der Waals surface area contributed by atoms with E-state index in [-0.39, 0.29) is 0 Å². The summed E-state index contributed by atoms with van der Waals surface area (Å²) in [6.45, 7) is 4.51. The summed E-state index contributed by atoms with van der Waals surface area (Å²) in [7, 11) is 0. The molecule has 0 fully saturated rings. The van der Waals surface area contributed by atoms with Crippen LogP contribution >= 0.6 is 0 Å². The first-order valence-corrected chi connectivity index (χ1v) is 4.48. The van der Waals surface area contributed by atoms with Crippen molar-refractivity contribution in [3.8, 4) is 0 Å². The lowest BCUT2D eigenvalue weighted by Gasteiger charge is -1.93. The molecule has 0 heterocycles. The van der Waals surface area contributed by atoms with E-state index in [1.807, 2.05) is 0 Å². The van der Waals surface area contributed by atoms with Crippen molar-refractivity contribution in [2.24, 2.45) is 0 Å². The molecule has 0 aromatic rings. The maximum absolute atomic E-state index is 8.36. The second-order valence-corrected chi connectivity index (χ2v) is 2.65. The summed E-state index contributed by atoms with van der Waals surface area (Å²) in [5.41, 5.74) is 0. The van der Waals surface area contributed by atoms with Gasteiger partial charge in [-0.25, -0.2) is 0 Å². The van der Waals surface area contributed by atoms with Crippen molar-refractivity contribution in [3.63, 3.8) is 0 Å². The molecule has 0 saturated carbocycles. The van der Waals surface area contributed by atoms with Crippen LogP contribution in [-0.2, 0) is 0 Å². The molecule has 4 nitrogen and oxygen atoms in total. The van der Waals surface area contributed by atoms with Crippen molar-refractivity contribution < 1.29 is 10.3 Å². The van der Waals surface area contributed by atoms with E-state index in [4.69, 9.17) is 15.3 Å². The standard InChI is InChI=1S/C8H18.HNO3/c1-3-5-7-8-6-4-2;2-1(3)4/h3-8H2,1-2H3;(H,2,3,4). The fraction of sp³-hybridized carbons (Fsp3) is 1.00. The normalized spacial score (nSPS) is 8.50. The van der Waals surface area contributed by atoms with Crippen LogP contribution in [-0.4, -0.2) is 10.3 Å². The number of rotatable bonds is 5. The van der Waals surface area contributed by atoms with E-state index >= 15 is 0 Å². The van der Waals surface area contributed by atoms with Crippen LogP contribution in [0.3, 0.4) is 0 Å². The van der Waals surface area contributed by atoms with E-state index in [9.17, 15) is 0 Å². The van der Waals surface area contributed by atoms with E-state index in [1.165, 1.54) is 38.5 Å². The zero-order valence-electron chi connectivity index (χ0n) is 7.95. The maximum Gasteiger partial charge on any atom is 0.291 e. The van der Waals surface area contributed by atoms with Crippen LogP contribution in [0.25, 0.3) is 0 Å². The first kappa shape index (κ1) is 13.8. The Morgan fingerprint density at radius 2 is 1.33 bits per heavy atom. The Bertz CT molecular complexity index is 86.3. The van der Waals surface area contributed by atoms with Gasteiger partial charge in [0.1, 0.15) is 0 Å². The lowest BCUT2D eigenvalue weighted by Crippen LogP contribution is -1.81. The molecule has 0 unspecified atom stereocenters. The Morgan fingerprint density at radius 3 is 1.50 bits per heavy atom. The average molecular weight is 177 g/mol. The summed E-state index contributed by atoms with van der Waals surface area (Å²) >= 11 is 0. The summed E-state index contributed by atoms with van der Waals surface area (Å²) in [6.07, 6.45) is 8.49. The van der Waals surface area contributed by atoms with E-state index < -0.39 is 5.09 Å². The monoisotopic (exact) mass is 177 g/mol. The van der Waals surface area contributed by atoms with Gasteiger partial charge in [0.2, 0.25) is 0 Å². The molecule has 0 amide bonds. The van der Waals surface area contributed by atoms with Crippen molar-refractivity contribution in [3.05, 3.63) is 10.1 Å². The topological polar surface area (TPSA) is 63.4 Å². The smallest absolute Gasteiger partial charge is 0.291 e. The third kappa shape index (κ3) is 35.1. The summed E-state index contributed by atoms with van der Waals surface area (Å²) in [5.74, 6) is 0.